The number of esters is 1. The van der Waals surface area contributed by atoms with Gasteiger partial charge in [0, 0.05) is 12.6 Å². The summed E-state index contributed by atoms with van der Waals surface area (Å²) in [5.41, 5.74) is 0.860. The number of hydrogen-bond donors (Lipinski definition) is 1. The minimum Gasteiger partial charge on any atom is -0.425 e. The average molecular weight is 331 g/mol. The number of nitrogens with zero attached hydrogens (tertiary/aromatic N) is 1. The number of hydrogen-bond acceptors (Lipinski definition) is 4. The number of ether oxygens (including phenoxy) is 1. The molecule has 0 bridgehead atoms. The zero-order chi connectivity index (χ0) is 17.6. The molecule has 1 aromatic carbocycles. The van der Waals surface area contributed by atoms with Gasteiger partial charge >= 0.3 is 5.97 Å². The summed E-state index contributed by atoms with van der Waals surface area (Å²) in [5, 5.41) is 10.5. The summed E-state index contributed by atoms with van der Waals surface area (Å²) in [6.45, 7) is 4.85. The van der Waals surface area contributed by atoms with Gasteiger partial charge in [-0.3, -0.25) is 4.98 Å². The zero-order valence-electron chi connectivity index (χ0n) is 13.4. The molecule has 24 heavy (non-hydrogen) atoms. The Bertz CT molecular complexity index is 868. The maximum Gasteiger partial charge on any atom is 0.342 e. The SMILES string of the molecule is Cc1ccc(C2=C(c3c(F)cccc3F)C(=O)OC2(C)O)nc1C. The summed E-state index contributed by atoms with van der Waals surface area (Å²) in [4.78, 5) is 16.6. The van der Waals surface area contributed by atoms with E-state index in [2.05, 4.69) is 4.98 Å². The molecule has 2 heterocycles. The van der Waals surface area contributed by atoms with E-state index < -0.39 is 29.0 Å². The molecule has 4 nitrogen and oxygen atoms in total. The van der Waals surface area contributed by atoms with Crippen molar-refractivity contribution in [3.63, 3.8) is 0 Å². The fourth-order valence-corrected chi connectivity index (χ4v) is 2.72. The van der Waals surface area contributed by atoms with Crippen molar-refractivity contribution in [3.8, 4) is 0 Å². The molecule has 0 amide bonds. The number of pyridine rings is 1. The van der Waals surface area contributed by atoms with Gasteiger partial charge in [-0.1, -0.05) is 12.1 Å². The predicted molar refractivity (Wildman–Crippen MR) is 83.6 cm³/mol. The molecule has 1 atom stereocenters. The molecule has 0 fully saturated rings. The van der Waals surface area contributed by atoms with Crippen molar-refractivity contribution in [2.75, 3.05) is 0 Å². The number of aromatic nitrogens is 1. The van der Waals surface area contributed by atoms with Crippen LogP contribution in [0.15, 0.2) is 30.3 Å². The van der Waals surface area contributed by atoms with Gasteiger partial charge in [0.1, 0.15) is 11.6 Å². The van der Waals surface area contributed by atoms with E-state index in [0.29, 0.717) is 5.69 Å². The first-order valence-corrected chi connectivity index (χ1v) is 7.32. The van der Waals surface area contributed by atoms with Crippen molar-refractivity contribution in [1.82, 2.24) is 4.98 Å². The second kappa shape index (κ2) is 5.49. The number of cyclic esters (lactones) is 1. The van der Waals surface area contributed by atoms with Gasteiger partial charge in [0.15, 0.2) is 0 Å². The van der Waals surface area contributed by atoms with E-state index in [1.54, 1.807) is 19.1 Å². The van der Waals surface area contributed by atoms with Gasteiger partial charge in [0.2, 0.25) is 5.79 Å². The summed E-state index contributed by atoms with van der Waals surface area (Å²) < 4.78 is 33.3. The molecule has 1 unspecified atom stereocenters. The highest BCUT2D eigenvalue weighted by Crippen LogP contribution is 2.43. The number of rotatable bonds is 2. The second-order valence-electron chi connectivity index (χ2n) is 5.82. The monoisotopic (exact) mass is 331 g/mol. The van der Waals surface area contributed by atoms with Gasteiger partial charge in [-0.2, -0.15) is 0 Å². The summed E-state index contributed by atoms with van der Waals surface area (Å²) in [7, 11) is 0. The van der Waals surface area contributed by atoms with Crippen LogP contribution in [0.2, 0.25) is 0 Å². The number of aliphatic hydroxyl groups is 1. The fourth-order valence-electron chi connectivity index (χ4n) is 2.72. The highest BCUT2D eigenvalue weighted by Gasteiger charge is 2.46. The van der Waals surface area contributed by atoms with E-state index in [0.717, 1.165) is 17.7 Å². The smallest absolute Gasteiger partial charge is 0.342 e. The van der Waals surface area contributed by atoms with Crippen LogP contribution in [0, 0.1) is 25.5 Å². The van der Waals surface area contributed by atoms with Gasteiger partial charge in [0.05, 0.1) is 22.4 Å². The van der Waals surface area contributed by atoms with Crippen LogP contribution >= 0.6 is 0 Å². The van der Waals surface area contributed by atoms with Gasteiger partial charge in [-0.25, -0.2) is 13.6 Å². The van der Waals surface area contributed by atoms with Crippen LogP contribution in [-0.2, 0) is 9.53 Å². The molecule has 1 aliphatic heterocycles. The number of carbonyl (C=O) groups excluding carboxylic acids is 1. The third-order valence-electron chi connectivity index (χ3n) is 4.03. The van der Waals surface area contributed by atoms with Crippen LogP contribution in [0.1, 0.15) is 29.4 Å². The minimum atomic E-state index is -2.03. The van der Waals surface area contributed by atoms with Gasteiger partial charge in [0.25, 0.3) is 0 Å². The molecule has 1 N–H and O–H groups in total. The molecular weight excluding hydrogens is 316 g/mol. The number of carbonyl (C=O) groups is 1. The standard InChI is InChI=1S/C18H15F2NO3/c1-9-7-8-13(21-10(9)2)16-15(17(22)24-18(16,3)23)14-11(19)5-4-6-12(14)20/h4-8,23H,1-3H3. The minimum absolute atomic E-state index is 0.0559. The first-order chi connectivity index (χ1) is 11.2. The molecular formula is C18H15F2NO3. The van der Waals surface area contributed by atoms with E-state index >= 15 is 0 Å². The Morgan fingerprint density at radius 2 is 1.75 bits per heavy atom. The van der Waals surface area contributed by atoms with E-state index in [4.69, 9.17) is 4.74 Å². The Balaban J connectivity index is 2.36. The Labute approximate surface area is 137 Å². The summed E-state index contributed by atoms with van der Waals surface area (Å²) >= 11 is 0. The van der Waals surface area contributed by atoms with Crippen molar-refractivity contribution in [2.45, 2.75) is 26.6 Å². The van der Waals surface area contributed by atoms with Gasteiger partial charge in [-0.15, -0.1) is 0 Å². The molecule has 0 radical (unpaired) electrons. The lowest BCUT2D eigenvalue weighted by atomic mass is 9.93. The molecule has 3 rings (SSSR count). The summed E-state index contributed by atoms with van der Waals surface area (Å²) in [5.74, 6) is -4.86. The Morgan fingerprint density at radius 3 is 2.33 bits per heavy atom. The number of benzene rings is 1. The lowest BCUT2D eigenvalue weighted by Crippen LogP contribution is -2.26. The van der Waals surface area contributed by atoms with E-state index in [1.807, 2.05) is 6.92 Å². The maximum absolute atomic E-state index is 14.2. The van der Waals surface area contributed by atoms with Crippen LogP contribution < -0.4 is 0 Å². The largest absolute Gasteiger partial charge is 0.425 e. The summed E-state index contributed by atoms with van der Waals surface area (Å²) in [6.07, 6.45) is 0. The van der Waals surface area contributed by atoms with Crippen LogP contribution in [0.25, 0.3) is 11.1 Å². The van der Waals surface area contributed by atoms with E-state index in [-0.39, 0.29) is 16.8 Å². The summed E-state index contributed by atoms with van der Waals surface area (Å²) in [6, 6.07) is 6.60. The molecule has 0 saturated heterocycles. The van der Waals surface area contributed by atoms with Crippen LogP contribution in [0.3, 0.4) is 0 Å². The number of halogens is 2. The van der Waals surface area contributed by atoms with Crippen LogP contribution in [-0.4, -0.2) is 21.8 Å². The Kier molecular flexibility index (Phi) is 3.72. The van der Waals surface area contributed by atoms with Crippen LogP contribution in [0.4, 0.5) is 8.78 Å². The third-order valence-corrected chi connectivity index (χ3v) is 4.03. The quantitative estimate of drug-likeness (QED) is 0.859. The number of aryl methyl sites for hydroxylation is 2. The predicted octanol–water partition coefficient (Wildman–Crippen LogP) is 3.15. The van der Waals surface area contributed by atoms with E-state index in [9.17, 15) is 18.7 Å². The molecule has 0 spiro atoms. The van der Waals surface area contributed by atoms with Gasteiger partial charge < -0.3 is 9.84 Å². The average Bonchev–Trinajstić information content (AvgIpc) is 2.71. The molecule has 0 aliphatic carbocycles. The van der Waals surface area contributed by atoms with Crippen molar-refractivity contribution in [1.29, 1.82) is 0 Å². The molecule has 1 aliphatic rings. The second-order valence-corrected chi connectivity index (χ2v) is 5.82. The topological polar surface area (TPSA) is 59.4 Å². The molecule has 124 valence electrons. The molecule has 6 heteroatoms. The molecule has 2 aromatic rings. The first kappa shape index (κ1) is 16.3. The fraction of sp³-hybridized carbons (Fsp3) is 0.222. The van der Waals surface area contributed by atoms with Crippen molar-refractivity contribution in [2.24, 2.45) is 0 Å². The third kappa shape index (κ3) is 2.49. The van der Waals surface area contributed by atoms with Crippen molar-refractivity contribution >= 4 is 17.1 Å². The lowest BCUT2D eigenvalue weighted by Gasteiger charge is -2.19. The van der Waals surface area contributed by atoms with E-state index in [1.165, 1.54) is 13.0 Å². The zero-order valence-corrected chi connectivity index (χ0v) is 13.4. The normalized spacial score (nSPS) is 20.5. The van der Waals surface area contributed by atoms with Crippen molar-refractivity contribution < 1.29 is 23.4 Å². The molecule has 1 aromatic heterocycles. The van der Waals surface area contributed by atoms with Crippen LogP contribution in [0.5, 0.6) is 0 Å². The maximum atomic E-state index is 14.2. The highest BCUT2D eigenvalue weighted by atomic mass is 19.1. The lowest BCUT2D eigenvalue weighted by molar-refractivity contribution is -0.169. The Hall–Kier alpha value is -2.60. The highest BCUT2D eigenvalue weighted by molar-refractivity contribution is 6.28. The molecule has 0 saturated carbocycles. The Morgan fingerprint density at radius 1 is 1.12 bits per heavy atom. The van der Waals surface area contributed by atoms with Crippen molar-refractivity contribution in [3.05, 3.63) is 64.5 Å². The van der Waals surface area contributed by atoms with Gasteiger partial charge in [-0.05, 0) is 37.6 Å². The first-order valence-electron chi connectivity index (χ1n) is 7.32.